The highest BCUT2D eigenvalue weighted by molar-refractivity contribution is 7.12. The van der Waals surface area contributed by atoms with Gasteiger partial charge in [0.05, 0.1) is 11.4 Å². The summed E-state index contributed by atoms with van der Waals surface area (Å²) in [5.74, 6) is 0.960. The number of hydrogen-bond donors (Lipinski definition) is 1. The molecule has 2 aromatic rings. The van der Waals surface area contributed by atoms with Gasteiger partial charge in [-0.2, -0.15) is 0 Å². The molecular weight excluding hydrogens is 282 g/mol. The van der Waals surface area contributed by atoms with Gasteiger partial charge >= 0.3 is 0 Å². The maximum absolute atomic E-state index is 11.8. The third-order valence-electron chi connectivity index (χ3n) is 3.74. The molecule has 0 spiro atoms. The molecule has 0 atom stereocenters. The Bertz CT molecular complexity index is 607. The molecule has 4 heteroatoms. The number of hydrogen-bond acceptors (Lipinski definition) is 3. The predicted molar refractivity (Wildman–Crippen MR) is 85.2 cm³/mol. The monoisotopic (exact) mass is 301 g/mol. The van der Waals surface area contributed by atoms with Crippen molar-refractivity contribution in [2.75, 3.05) is 13.2 Å². The lowest BCUT2D eigenvalue weighted by molar-refractivity contribution is 0.0951. The normalized spacial score (nSPS) is 13.5. The fraction of sp³-hybridized carbons (Fsp3) is 0.353. The Kier molecular flexibility index (Phi) is 4.55. The van der Waals surface area contributed by atoms with Gasteiger partial charge in [0.2, 0.25) is 0 Å². The van der Waals surface area contributed by atoms with E-state index in [1.165, 1.54) is 35.3 Å². The third-order valence-corrected chi connectivity index (χ3v) is 4.61. The second kappa shape index (κ2) is 6.76. The van der Waals surface area contributed by atoms with Crippen LogP contribution in [0.15, 0.2) is 35.7 Å². The molecule has 0 saturated heterocycles. The lowest BCUT2D eigenvalue weighted by Gasteiger charge is -2.19. The van der Waals surface area contributed by atoms with Crippen LogP contribution in [0.1, 0.15) is 33.6 Å². The number of ether oxygens (including phenoxy) is 1. The highest BCUT2D eigenvalue weighted by Gasteiger charge is 2.13. The van der Waals surface area contributed by atoms with Crippen LogP contribution in [0.4, 0.5) is 0 Å². The fourth-order valence-corrected chi connectivity index (χ4v) is 3.34. The van der Waals surface area contributed by atoms with Gasteiger partial charge in [-0.05, 0) is 54.3 Å². The molecular formula is C17H19NO2S. The van der Waals surface area contributed by atoms with Gasteiger partial charge in [-0.3, -0.25) is 4.79 Å². The fourth-order valence-electron chi connectivity index (χ4n) is 2.70. The summed E-state index contributed by atoms with van der Waals surface area (Å²) in [4.78, 5) is 12.5. The van der Waals surface area contributed by atoms with Crippen LogP contribution in [0.3, 0.4) is 0 Å². The standard InChI is InChI=1S/C17H19NO2S/c19-17(16-9-4-12-21-16)18-10-11-20-15-8-3-6-13-5-1-2-7-14(13)15/h3-4,6,8-9,12H,1-2,5,7,10-11H2,(H,18,19). The van der Waals surface area contributed by atoms with E-state index in [0.29, 0.717) is 13.2 Å². The first-order valence-electron chi connectivity index (χ1n) is 7.40. The minimum absolute atomic E-state index is 0.0244. The van der Waals surface area contributed by atoms with Crippen LogP contribution in [0, 0.1) is 0 Å². The number of benzene rings is 1. The van der Waals surface area contributed by atoms with Crippen LogP contribution in [0.5, 0.6) is 5.75 Å². The van der Waals surface area contributed by atoms with Crippen LogP contribution in [0.25, 0.3) is 0 Å². The first kappa shape index (κ1) is 14.1. The Hall–Kier alpha value is -1.81. The Morgan fingerprint density at radius 1 is 1.19 bits per heavy atom. The van der Waals surface area contributed by atoms with Crippen molar-refractivity contribution in [2.45, 2.75) is 25.7 Å². The van der Waals surface area contributed by atoms with E-state index in [1.807, 2.05) is 23.6 Å². The molecule has 1 amide bonds. The second-order valence-corrected chi connectivity index (χ2v) is 6.13. The molecule has 1 N–H and O–H groups in total. The van der Waals surface area contributed by atoms with E-state index in [4.69, 9.17) is 4.74 Å². The van der Waals surface area contributed by atoms with E-state index in [-0.39, 0.29) is 5.91 Å². The molecule has 0 unspecified atom stereocenters. The van der Waals surface area contributed by atoms with E-state index in [0.717, 1.165) is 23.5 Å². The molecule has 21 heavy (non-hydrogen) atoms. The quantitative estimate of drug-likeness (QED) is 0.859. The van der Waals surface area contributed by atoms with Crippen molar-refractivity contribution in [2.24, 2.45) is 0 Å². The number of nitrogens with one attached hydrogen (secondary N) is 1. The zero-order valence-corrected chi connectivity index (χ0v) is 12.7. The molecule has 0 saturated carbocycles. The maximum atomic E-state index is 11.8. The number of carbonyl (C=O) groups is 1. The van der Waals surface area contributed by atoms with Gasteiger partial charge in [-0.15, -0.1) is 11.3 Å². The van der Waals surface area contributed by atoms with Crippen molar-refractivity contribution in [1.29, 1.82) is 0 Å². The van der Waals surface area contributed by atoms with Crippen molar-refractivity contribution in [3.05, 3.63) is 51.7 Å². The highest BCUT2D eigenvalue weighted by atomic mass is 32.1. The topological polar surface area (TPSA) is 38.3 Å². The first-order chi connectivity index (χ1) is 10.3. The molecule has 0 radical (unpaired) electrons. The molecule has 1 heterocycles. The molecule has 0 aliphatic heterocycles. The molecule has 1 aliphatic carbocycles. The van der Waals surface area contributed by atoms with E-state index < -0.39 is 0 Å². The molecule has 1 aliphatic rings. The van der Waals surface area contributed by atoms with Gasteiger partial charge in [-0.1, -0.05) is 18.2 Å². The van der Waals surface area contributed by atoms with Gasteiger partial charge in [0, 0.05) is 0 Å². The molecule has 3 rings (SSSR count). The molecule has 0 bridgehead atoms. The van der Waals surface area contributed by atoms with Crippen molar-refractivity contribution >= 4 is 17.2 Å². The van der Waals surface area contributed by atoms with E-state index in [9.17, 15) is 4.79 Å². The largest absolute Gasteiger partial charge is 0.491 e. The molecule has 1 aromatic carbocycles. The van der Waals surface area contributed by atoms with Crippen molar-refractivity contribution < 1.29 is 9.53 Å². The molecule has 0 fully saturated rings. The van der Waals surface area contributed by atoms with Gasteiger partial charge in [0.25, 0.3) is 5.91 Å². The number of carbonyl (C=O) groups excluding carboxylic acids is 1. The van der Waals surface area contributed by atoms with Crippen LogP contribution in [0.2, 0.25) is 0 Å². The van der Waals surface area contributed by atoms with Gasteiger partial charge < -0.3 is 10.1 Å². The number of rotatable bonds is 5. The minimum Gasteiger partial charge on any atom is -0.491 e. The molecule has 1 aromatic heterocycles. The van der Waals surface area contributed by atoms with Crippen LogP contribution in [-0.2, 0) is 12.8 Å². The lowest BCUT2D eigenvalue weighted by atomic mass is 9.91. The van der Waals surface area contributed by atoms with E-state index in [2.05, 4.69) is 17.4 Å². The second-order valence-electron chi connectivity index (χ2n) is 5.18. The van der Waals surface area contributed by atoms with Crippen LogP contribution < -0.4 is 10.1 Å². The zero-order valence-electron chi connectivity index (χ0n) is 11.9. The predicted octanol–water partition coefficient (Wildman–Crippen LogP) is 3.44. The van der Waals surface area contributed by atoms with Gasteiger partial charge in [0.15, 0.2) is 0 Å². The Morgan fingerprint density at radius 3 is 2.95 bits per heavy atom. The zero-order chi connectivity index (χ0) is 14.5. The summed E-state index contributed by atoms with van der Waals surface area (Å²) in [5, 5.41) is 4.79. The van der Waals surface area contributed by atoms with Gasteiger partial charge in [-0.25, -0.2) is 0 Å². The summed E-state index contributed by atoms with van der Waals surface area (Å²) in [6.45, 7) is 1.04. The smallest absolute Gasteiger partial charge is 0.261 e. The van der Waals surface area contributed by atoms with E-state index in [1.54, 1.807) is 0 Å². The minimum atomic E-state index is -0.0244. The van der Waals surface area contributed by atoms with Crippen molar-refractivity contribution in [3.63, 3.8) is 0 Å². The summed E-state index contributed by atoms with van der Waals surface area (Å²) < 4.78 is 5.86. The summed E-state index contributed by atoms with van der Waals surface area (Å²) in [6.07, 6.45) is 4.77. The molecule has 110 valence electrons. The van der Waals surface area contributed by atoms with Gasteiger partial charge in [0.1, 0.15) is 12.4 Å². The average Bonchev–Trinajstić information content (AvgIpc) is 3.06. The summed E-state index contributed by atoms with van der Waals surface area (Å²) in [7, 11) is 0. The summed E-state index contributed by atoms with van der Waals surface area (Å²) >= 11 is 1.45. The Labute approximate surface area is 129 Å². The summed E-state index contributed by atoms with van der Waals surface area (Å²) in [5.41, 5.74) is 2.77. The van der Waals surface area contributed by atoms with Crippen LogP contribution >= 0.6 is 11.3 Å². The molecule has 3 nitrogen and oxygen atoms in total. The number of thiophene rings is 1. The van der Waals surface area contributed by atoms with Crippen LogP contribution in [-0.4, -0.2) is 19.1 Å². The summed E-state index contributed by atoms with van der Waals surface area (Å²) in [6, 6.07) is 10.00. The Morgan fingerprint density at radius 2 is 2.10 bits per heavy atom. The maximum Gasteiger partial charge on any atom is 0.261 e. The van der Waals surface area contributed by atoms with Crippen molar-refractivity contribution in [3.8, 4) is 5.75 Å². The Balaban J connectivity index is 1.51. The lowest BCUT2D eigenvalue weighted by Crippen LogP contribution is -2.27. The average molecular weight is 301 g/mol. The number of aryl methyl sites for hydroxylation is 1. The number of amides is 1. The SMILES string of the molecule is O=C(NCCOc1cccc2c1CCCC2)c1cccs1. The third kappa shape index (κ3) is 3.45. The first-order valence-corrected chi connectivity index (χ1v) is 8.28. The van der Waals surface area contributed by atoms with Crippen molar-refractivity contribution in [1.82, 2.24) is 5.32 Å². The van der Waals surface area contributed by atoms with E-state index >= 15 is 0 Å². The number of fused-ring (bicyclic) bond motifs is 1. The highest BCUT2D eigenvalue weighted by Crippen LogP contribution is 2.29.